The van der Waals surface area contributed by atoms with Crippen LogP contribution in [-0.2, 0) is 0 Å². The summed E-state index contributed by atoms with van der Waals surface area (Å²) in [5, 5.41) is 0. The molecular weight excluding hydrogens is 112 g/mol. The molecule has 0 fully saturated rings. The van der Waals surface area contributed by atoms with Gasteiger partial charge in [-0.05, 0) is 0 Å². The van der Waals surface area contributed by atoms with Crippen LogP contribution in [0.25, 0.3) is 0 Å². The number of rotatable bonds is 1. The van der Waals surface area contributed by atoms with Gasteiger partial charge in [0.1, 0.15) is 0 Å². The van der Waals surface area contributed by atoms with Crippen molar-refractivity contribution in [2.45, 2.75) is 26.7 Å². The molecule has 0 radical (unpaired) electrons. The zero-order valence-corrected chi connectivity index (χ0v) is 5.41. The third kappa shape index (κ3) is 194. The summed E-state index contributed by atoms with van der Waals surface area (Å²) in [6.45, 7) is 4.36. The number of hydrogen-bond acceptors (Lipinski definition) is 0. The van der Waals surface area contributed by atoms with E-state index in [0.717, 1.165) is 0 Å². The lowest BCUT2D eigenvalue weighted by atomic mass is 10.4. The van der Waals surface area contributed by atoms with Gasteiger partial charge < -0.3 is 21.9 Å². The van der Waals surface area contributed by atoms with E-state index in [9.17, 15) is 0 Å². The fourth-order valence-corrected chi connectivity index (χ4v) is 0. The maximum atomic E-state index is 2.18. The van der Waals surface area contributed by atoms with Gasteiger partial charge in [0, 0.05) is 0 Å². The van der Waals surface area contributed by atoms with E-state index in [2.05, 4.69) is 13.8 Å². The van der Waals surface area contributed by atoms with E-state index >= 15 is 0 Å². The van der Waals surface area contributed by atoms with Gasteiger partial charge >= 0.3 is 0 Å². The molecule has 8 N–H and O–H groups in total. The summed E-state index contributed by atoms with van der Waals surface area (Å²) in [5.74, 6) is 0. The molecule has 0 aromatic heterocycles. The fourth-order valence-electron chi connectivity index (χ4n) is 0. The molecule has 0 aromatic rings. The normalized spacial score (nSPS) is 3.75. The summed E-state index contributed by atoms with van der Waals surface area (Å²) in [6, 6.07) is 0. The van der Waals surface area contributed by atoms with Crippen molar-refractivity contribution in [3.05, 3.63) is 0 Å². The van der Waals surface area contributed by atoms with Crippen LogP contribution in [0.2, 0.25) is 0 Å². The lowest BCUT2D eigenvalue weighted by Crippen LogP contribution is -1.47. The van der Waals surface area contributed by atoms with Gasteiger partial charge in [0.05, 0.1) is 0 Å². The van der Waals surface area contributed by atoms with Crippen molar-refractivity contribution in [2.24, 2.45) is 0 Å². The maximum absolute atomic E-state index is 2.18. The first-order valence-corrected chi connectivity index (χ1v) is 1.91. The second kappa shape index (κ2) is 68.9. The molecule has 4 heteroatoms. The van der Waals surface area contributed by atoms with Crippen molar-refractivity contribution >= 4 is 0 Å². The van der Waals surface area contributed by atoms with Gasteiger partial charge in [-0.1, -0.05) is 26.7 Å². The monoisotopic (exact) mass is 130 g/mol. The Morgan fingerprint density at radius 3 is 0.750 bits per heavy atom. The van der Waals surface area contributed by atoms with Crippen LogP contribution in [0.3, 0.4) is 0 Å². The van der Waals surface area contributed by atoms with E-state index in [-0.39, 0.29) is 21.9 Å². The summed E-state index contributed by atoms with van der Waals surface area (Å²) in [7, 11) is 0. The van der Waals surface area contributed by atoms with E-state index in [1.807, 2.05) is 0 Å². The third-order valence-corrected chi connectivity index (χ3v) is 0.500. The quantitative estimate of drug-likeness (QED) is 0.410. The zero-order valence-electron chi connectivity index (χ0n) is 5.41. The Balaban J connectivity index is -0.00000000750. The van der Waals surface area contributed by atoms with E-state index in [1.165, 1.54) is 12.8 Å². The minimum atomic E-state index is 0. The Hall–Kier alpha value is -0.160. The molecule has 0 bridgehead atoms. The molecule has 0 amide bonds. The molecule has 8 heavy (non-hydrogen) atoms. The highest BCUT2D eigenvalue weighted by Crippen LogP contribution is 1.76. The molecule has 0 aliphatic heterocycles. The molecule has 0 aliphatic rings. The van der Waals surface area contributed by atoms with Crippen LogP contribution >= 0.6 is 0 Å². The van der Waals surface area contributed by atoms with Crippen LogP contribution in [-0.4, -0.2) is 21.9 Å². The highest BCUT2D eigenvalue weighted by atomic mass is 16.0. The predicted octanol–water partition coefficient (Wildman–Crippen LogP) is -1.49. The van der Waals surface area contributed by atoms with Crippen molar-refractivity contribution in [2.75, 3.05) is 0 Å². The molecule has 58 valence electrons. The maximum Gasteiger partial charge on any atom is -0.0564 e. The molecule has 0 saturated carbocycles. The molecule has 0 rings (SSSR count). The van der Waals surface area contributed by atoms with Crippen molar-refractivity contribution < 1.29 is 21.9 Å². The van der Waals surface area contributed by atoms with Gasteiger partial charge in [0.2, 0.25) is 0 Å². The Labute approximate surface area is 49.8 Å². The van der Waals surface area contributed by atoms with Crippen molar-refractivity contribution in [1.29, 1.82) is 0 Å². The number of hydrogen-bond donors (Lipinski definition) is 0. The van der Waals surface area contributed by atoms with Crippen LogP contribution in [0, 0.1) is 0 Å². The highest BCUT2D eigenvalue weighted by Gasteiger charge is 1.56. The van der Waals surface area contributed by atoms with Crippen LogP contribution < -0.4 is 0 Å². The Morgan fingerprint density at radius 1 is 0.625 bits per heavy atom. The van der Waals surface area contributed by atoms with Crippen LogP contribution in [0.1, 0.15) is 26.7 Å². The highest BCUT2D eigenvalue weighted by molar-refractivity contribution is 4.12. The Morgan fingerprint density at radius 2 is 0.750 bits per heavy atom. The van der Waals surface area contributed by atoms with Crippen LogP contribution in [0.15, 0.2) is 0 Å². The lowest BCUT2D eigenvalue weighted by molar-refractivity contribution is 0.823. The van der Waals surface area contributed by atoms with E-state index < -0.39 is 0 Å². The van der Waals surface area contributed by atoms with E-state index in [4.69, 9.17) is 0 Å². The van der Waals surface area contributed by atoms with Gasteiger partial charge in [0.25, 0.3) is 0 Å². The second-order valence-corrected chi connectivity index (χ2v) is 1.000. The van der Waals surface area contributed by atoms with Crippen molar-refractivity contribution in [1.82, 2.24) is 0 Å². The molecule has 0 saturated heterocycles. The van der Waals surface area contributed by atoms with Crippen LogP contribution in [0.5, 0.6) is 0 Å². The molecule has 4 nitrogen and oxygen atoms in total. The molecule has 0 atom stereocenters. The Kier molecular flexibility index (Phi) is 392. The molecule has 0 unspecified atom stereocenters. The molecule has 0 aliphatic carbocycles. The van der Waals surface area contributed by atoms with E-state index in [1.54, 1.807) is 0 Å². The van der Waals surface area contributed by atoms with Crippen molar-refractivity contribution in [3.63, 3.8) is 0 Å². The first kappa shape index (κ1) is 45.5. The third-order valence-electron chi connectivity index (χ3n) is 0.500. The van der Waals surface area contributed by atoms with Gasteiger partial charge in [-0.2, -0.15) is 0 Å². The lowest BCUT2D eigenvalue weighted by Gasteiger charge is -1.68. The SMILES string of the molecule is CCCC.O.O.O.O. The summed E-state index contributed by atoms with van der Waals surface area (Å²) >= 11 is 0. The average Bonchev–Trinajstić information content (AvgIpc) is 1.37. The second-order valence-electron chi connectivity index (χ2n) is 1.000. The first-order valence-electron chi connectivity index (χ1n) is 1.91. The minimum Gasteiger partial charge on any atom is -0.412 e. The predicted molar refractivity (Wildman–Crippen MR) is 35.0 cm³/mol. The fraction of sp³-hybridized carbons (Fsp3) is 1.00. The summed E-state index contributed by atoms with van der Waals surface area (Å²) < 4.78 is 0. The molecule has 0 heterocycles. The zero-order chi connectivity index (χ0) is 3.41. The molecular formula is C4H18O4. The average molecular weight is 130 g/mol. The molecule has 0 aromatic carbocycles. The summed E-state index contributed by atoms with van der Waals surface area (Å²) in [5.41, 5.74) is 0. The smallest absolute Gasteiger partial charge is 0.0564 e. The Bertz CT molecular complexity index is 10.0. The van der Waals surface area contributed by atoms with Crippen LogP contribution in [0.4, 0.5) is 0 Å². The van der Waals surface area contributed by atoms with Gasteiger partial charge in [0.15, 0.2) is 0 Å². The molecule has 0 spiro atoms. The number of unbranched alkanes of at least 4 members (excludes halogenated alkanes) is 1. The topological polar surface area (TPSA) is 126 Å². The largest absolute Gasteiger partial charge is 0.412 e. The minimum absolute atomic E-state index is 0. The standard InChI is InChI=1S/C4H10.4H2O/c1-3-4-2;;;;/h3-4H2,1-2H3;4*1H2. The van der Waals surface area contributed by atoms with Gasteiger partial charge in [-0.3, -0.25) is 0 Å². The summed E-state index contributed by atoms with van der Waals surface area (Å²) in [6.07, 6.45) is 2.64. The van der Waals surface area contributed by atoms with Crippen molar-refractivity contribution in [3.8, 4) is 0 Å². The van der Waals surface area contributed by atoms with Gasteiger partial charge in [-0.25, -0.2) is 0 Å². The van der Waals surface area contributed by atoms with E-state index in [0.29, 0.717) is 0 Å². The first-order chi connectivity index (χ1) is 1.91. The van der Waals surface area contributed by atoms with Gasteiger partial charge in [-0.15, -0.1) is 0 Å². The summed E-state index contributed by atoms with van der Waals surface area (Å²) in [4.78, 5) is 0.